The average Bonchev–Trinajstić information content (AvgIpc) is 3.11. The summed E-state index contributed by atoms with van der Waals surface area (Å²) in [5.41, 5.74) is 2.14. The lowest BCUT2D eigenvalue weighted by atomic mass is 10.1. The number of ether oxygens (including phenoxy) is 2. The number of non-ortho nitro benzene ring substituents is 1. The van der Waals surface area contributed by atoms with Gasteiger partial charge in [-0.15, -0.1) is 0 Å². The Kier molecular flexibility index (Phi) is 7.75. The van der Waals surface area contributed by atoms with E-state index in [1.165, 1.54) is 19.2 Å². The Morgan fingerprint density at radius 1 is 1.11 bits per heavy atom. The number of nitrogens with one attached hydrogen (secondary N) is 1. The molecule has 3 aromatic carbocycles. The van der Waals surface area contributed by atoms with Crippen molar-refractivity contribution in [3.8, 4) is 11.5 Å². The topological polar surface area (TPSA) is 111 Å². The molecule has 11 heteroatoms. The standard InChI is InChI=1S/C25H19ClIN3O6/c1-35-22-12-17(10-20(27)23(22)36-14-16-3-2-4-19(9-16)30(33)34)11-21-24(31)29(25(32)28-21)13-15-5-7-18(26)8-6-15/h2-12H,13-14H2,1H3,(H,28,32)/b21-11-. The molecule has 0 spiro atoms. The summed E-state index contributed by atoms with van der Waals surface area (Å²) in [5.74, 6) is 0.418. The van der Waals surface area contributed by atoms with E-state index in [2.05, 4.69) is 27.9 Å². The third kappa shape index (κ3) is 5.77. The fraction of sp³-hybridized carbons (Fsp3) is 0.120. The summed E-state index contributed by atoms with van der Waals surface area (Å²) in [6, 6.07) is 16.0. The second-order valence-corrected chi connectivity index (χ2v) is 9.35. The first-order valence-corrected chi connectivity index (χ1v) is 12.0. The number of methoxy groups -OCH3 is 1. The molecule has 1 aliphatic rings. The lowest BCUT2D eigenvalue weighted by Crippen LogP contribution is -2.30. The molecule has 0 aromatic heterocycles. The zero-order chi connectivity index (χ0) is 25.8. The first kappa shape index (κ1) is 25.5. The molecular weight excluding hydrogens is 601 g/mol. The van der Waals surface area contributed by atoms with Gasteiger partial charge in [-0.1, -0.05) is 35.9 Å². The molecule has 1 heterocycles. The van der Waals surface area contributed by atoms with Crippen molar-refractivity contribution in [3.05, 3.63) is 102 Å². The third-order valence-corrected chi connectivity index (χ3v) is 6.34. The Morgan fingerprint density at radius 3 is 2.56 bits per heavy atom. The van der Waals surface area contributed by atoms with E-state index < -0.39 is 16.9 Å². The summed E-state index contributed by atoms with van der Waals surface area (Å²) in [7, 11) is 1.49. The highest BCUT2D eigenvalue weighted by Gasteiger charge is 2.33. The summed E-state index contributed by atoms with van der Waals surface area (Å²) in [4.78, 5) is 37.0. The SMILES string of the molecule is COc1cc(/C=C2\NC(=O)N(Cc3ccc(Cl)cc3)C2=O)cc(I)c1OCc1cccc([N+](=O)[O-])c1. The van der Waals surface area contributed by atoms with Crippen molar-refractivity contribution in [1.82, 2.24) is 10.2 Å². The van der Waals surface area contributed by atoms with Crippen molar-refractivity contribution in [2.75, 3.05) is 7.11 Å². The Morgan fingerprint density at radius 2 is 1.86 bits per heavy atom. The summed E-state index contributed by atoms with van der Waals surface area (Å²) in [6.07, 6.45) is 1.57. The van der Waals surface area contributed by atoms with Crippen molar-refractivity contribution in [3.63, 3.8) is 0 Å². The molecule has 0 unspecified atom stereocenters. The van der Waals surface area contributed by atoms with E-state index in [0.717, 1.165) is 10.5 Å². The number of urea groups is 1. The second-order valence-electron chi connectivity index (χ2n) is 7.76. The molecule has 0 radical (unpaired) electrons. The van der Waals surface area contributed by atoms with Crippen LogP contribution in [0.5, 0.6) is 11.5 Å². The van der Waals surface area contributed by atoms with Gasteiger partial charge < -0.3 is 14.8 Å². The van der Waals surface area contributed by atoms with Gasteiger partial charge >= 0.3 is 6.03 Å². The number of amides is 3. The summed E-state index contributed by atoms with van der Waals surface area (Å²) < 4.78 is 12.1. The number of benzene rings is 3. The number of nitrogens with zero attached hydrogens (tertiary/aromatic N) is 2. The van der Waals surface area contributed by atoms with Gasteiger partial charge in [-0.2, -0.15) is 0 Å². The molecule has 3 amide bonds. The minimum Gasteiger partial charge on any atom is -0.493 e. The fourth-order valence-corrected chi connectivity index (χ4v) is 4.44. The van der Waals surface area contributed by atoms with Crippen molar-refractivity contribution >= 4 is 57.9 Å². The van der Waals surface area contributed by atoms with Gasteiger partial charge in [0.25, 0.3) is 11.6 Å². The number of rotatable bonds is 8. The molecule has 1 fully saturated rings. The van der Waals surface area contributed by atoms with Gasteiger partial charge in [0.2, 0.25) is 0 Å². The van der Waals surface area contributed by atoms with Crippen LogP contribution in [0.25, 0.3) is 6.08 Å². The van der Waals surface area contributed by atoms with Gasteiger partial charge in [-0.05, 0) is 69.6 Å². The Balaban J connectivity index is 1.52. The molecule has 9 nitrogen and oxygen atoms in total. The molecule has 4 rings (SSSR count). The van der Waals surface area contributed by atoms with Gasteiger partial charge in [0, 0.05) is 17.2 Å². The molecule has 0 bridgehead atoms. The van der Waals surface area contributed by atoms with E-state index in [9.17, 15) is 19.7 Å². The molecule has 0 saturated carbocycles. The summed E-state index contributed by atoms with van der Waals surface area (Å²) in [6.45, 7) is 0.215. The number of nitro groups is 1. The van der Waals surface area contributed by atoms with Crippen molar-refractivity contribution in [2.24, 2.45) is 0 Å². The highest BCUT2D eigenvalue weighted by molar-refractivity contribution is 14.1. The quantitative estimate of drug-likeness (QED) is 0.117. The highest BCUT2D eigenvalue weighted by Crippen LogP contribution is 2.35. The van der Waals surface area contributed by atoms with E-state index in [4.69, 9.17) is 21.1 Å². The van der Waals surface area contributed by atoms with Crippen LogP contribution in [0.15, 0.2) is 66.4 Å². The van der Waals surface area contributed by atoms with Gasteiger partial charge in [-0.25, -0.2) is 4.79 Å². The predicted molar refractivity (Wildman–Crippen MR) is 142 cm³/mol. The highest BCUT2D eigenvalue weighted by atomic mass is 127. The number of carbonyl (C=O) groups excluding carboxylic acids is 2. The van der Waals surface area contributed by atoms with Gasteiger partial charge in [-0.3, -0.25) is 19.8 Å². The number of nitro benzene ring substituents is 1. The van der Waals surface area contributed by atoms with Crippen LogP contribution < -0.4 is 14.8 Å². The molecule has 1 N–H and O–H groups in total. The molecule has 36 heavy (non-hydrogen) atoms. The maximum absolute atomic E-state index is 12.9. The molecule has 3 aromatic rings. The van der Waals surface area contributed by atoms with Crippen molar-refractivity contribution < 1.29 is 24.0 Å². The third-order valence-electron chi connectivity index (χ3n) is 5.28. The van der Waals surface area contributed by atoms with Crippen LogP contribution in [-0.2, 0) is 17.9 Å². The van der Waals surface area contributed by atoms with E-state index >= 15 is 0 Å². The largest absolute Gasteiger partial charge is 0.493 e. The lowest BCUT2D eigenvalue weighted by molar-refractivity contribution is -0.384. The normalized spacial score (nSPS) is 14.2. The van der Waals surface area contributed by atoms with Gasteiger partial charge in [0.15, 0.2) is 11.5 Å². The average molecular weight is 620 g/mol. The second kappa shape index (κ2) is 11.0. The Bertz CT molecular complexity index is 1380. The van der Waals surface area contributed by atoms with Crippen molar-refractivity contribution in [2.45, 2.75) is 13.2 Å². The molecule has 1 saturated heterocycles. The lowest BCUT2D eigenvalue weighted by Gasteiger charge is -2.14. The maximum atomic E-state index is 12.9. The first-order chi connectivity index (χ1) is 17.2. The number of halogens is 2. The van der Waals surface area contributed by atoms with Crippen LogP contribution >= 0.6 is 34.2 Å². The minimum atomic E-state index is -0.514. The monoisotopic (exact) mass is 619 g/mol. The van der Waals surface area contributed by atoms with Crippen molar-refractivity contribution in [1.29, 1.82) is 0 Å². The first-order valence-electron chi connectivity index (χ1n) is 10.6. The van der Waals surface area contributed by atoms with E-state index in [1.807, 2.05) is 0 Å². The van der Waals surface area contributed by atoms with Crippen LogP contribution in [0.1, 0.15) is 16.7 Å². The molecular formula is C25H19ClIN3O6. The summed E-state index contributed by atoms with van der Waals surface area (Å²) >= 11 is 7.98. The minimum absolute atomic E-state index is 0.0203. The molecule has 184 valence electrons. The van der Waals surface area contributed by atoms with Gasteiger partial charge in [0.05, 0.1) is 22.1 Å². The number of hydrogen-bond donors (Lipinski definition) is 1. The number of hydrogen-bond acceptors (Lipinski definition) is 6. The smallest absolute Gasteiger partial charge is 0.329 e. The van der Waals surface area contributed by atoms with Crippen LogP contribution in [0.3, 0.4) is 0 Å². The molecule has 0 atom stereocenters. The molecule has 0 aliphatic carbocycles. The fourth-order valence-electron chi connectivity index (χ4n) is 3.53. The zero-order valence-corrected chi connectivity index (χ0v) is 21.8. The predicted octanol–water partition coefficient (Wildman–Crippen LogP) is 5.53. The van der Waals surface area contributed by atoms with Crippen LogP contribution in [0, 0.1) is 13.7 Å². The van der Waals surface area contributed by atoms with Crippen LogP contribution in [-0.4, -0.2) is 28.9 Å². The Labute approximate surface area is 224 Å². The van der Waals surface area contributed by atoms with Crippen LogP contribution in [0.2, 0.25) is 5.02 Å². The number of imide groups is 1. The molecule has 1 aliphatic heterocycles. The van der Waals surface area contributed by atoms with E-state index in [-0.39, 0.29) is 24.5 Å². The van der Waals surface area contributed by atoms with E-state index in [1.54, 1.807) is 54.6 Å². The maximum Gasteiger partial charge on any atom is 0.329 e. The van der Waals surface area contributed by atoms with Gasteiger partial charge in [0.1, 0.15) is 12.3 Å². The van der Waals surface area contributed by atoms with Crippen LogP contribution in [0.4, 0.5) is 10.5 Å². The number of carbonyl (C=O) groups is 2. The summed E-state index contributed by atoms with van der Waals surface area (Å²) in [5, 5.41) is 14.2. The Hall–Kier alpha value is -3.64. The zero-order valence-electron chi connectivity index (χ0n) is 18.9. The van der Waals surface area contributed by atoms with E-state index in [0.29, 0.717) is 31.2 Å².